The molecule has 2 amide bonds. The van der Waals surface area contributed by atoms with Crippen LogP contribution >= 0.6 is 39.5 Å². The van der Waals surface area contributed by atoms with E-state index in [1.54, 1.807) is 18.3 Å². The highest BCUT2D eigenvalue weighted by atomic mass is 79.9. The Morgan fingerprint density at radius 2 is 2.04 bits per heavy atom. The lowest BCUT2D eigenvalue weighted by atomic mass is 10.2. The number of anilines is 2. The van der Waals surface area contributed by atoms with Gasteiger partial charge in [-0.25, -0.2) is 4.98 Å². The first kappa shape index (κ1) is 19.0. The molecule has 0 saturated heterocycles. The van der Waals surface area contributed by atoms with Gasteiger partial charge in [-0.15, -0.1) is 11.8 Å². The van der Waals surface area contributed by atoms with Gasteiger partial charge in [0, 0.05) is 26.1 Å². The topological polar surface area (TPSA) is 71.1 Å². The molecule has 0 aliphatic carbocycles. The van der Waals surface area contributed by atoms with Crippen molar-refractivity contribution in [3.05, 3.63) is 70.8 Å². The van der Waals surface area contributed by atoms with Gasteiger partial charge in [-0.1, -0.05) is 23.9 Å². The van der Waals surface area contributed by atoms with Crippen molar-refractivity contribution in [1.82, 2.24) is 4.98 Å². The summed E-state index contributed by atoms with van der Waals surface area (Å²) in [5.41, 5.74) is 1.92. The average Bonchev–Trinajstić information content (AvgIpc) is 2.70. The molecule has 140 valence electrons. The molecular weight excluding hydrogens is 458 g/mol. The molecule has 0 fully saturated rings. The molecule has 1 aliphatic heterocycles. The van der Waals surface area contributed by atoms with Crippen molar-refractivity contribution in [2.24, 2.45) is 0 Å². The van der Waals surface area contributed by atoms with Crippen molar-refractivity contribution in [1.29, 1.82) is 0 Å². The van der Waals surface area contributed by atoms with Crippen LogP contribution in [0.5, 0.6) is 0 Å². The third kappa shape index (κ3) is 4.40. The predicted molar refractivity (Wildman–Crippen MR) is 116 cm³/mol. The molecule has 0 atom stereocenters. The summed E-state index contributed by atoms with van der Waals surface area (Å²) in [5.74, 6) is 0.160. The lowest BCUT2D eigenvalue weighted by molar-refractivity contribution is -0.113. The Morgan fingerprint density at radius 3 is 2.86 bits per heavy atom. The standard InChI is InChI=1S/C20H14BrN3O2S2/c21-12-5-8-19(22-10-12)28-16-4-2-1-3-14(16)20(26)23-13-6-7-17-15(9-13)24-18(25)11-27-17/h1-10H,11H2,(H,23,26)(H,24,25). The zero-order chi connectivity index (χ0) is 19.5. The van der Waals surface area contributed by atoms with E-state index in [0.29, 0.717) is 17.0 Å². The van der Waals surface area contributed by atoms with Gasteiger partial charge in [0.2, 0.25) is 5.91 Å². The summed E-state index contributed by atoms with van der Waals surface area (Å²) in [7, 11) is 0. The fourth-order valence-corrected chi connectivity index (χ4v) is 4.54. The van der Waals surface area contributed by atoms with E-state index in [0.717, 1.165) is 25.0 Å². The zero-order valence-electron chi connectivity index (χ0n) is 14.4. The molecule has 5 nitrogen and oxygen atoms in total. The third-order valence-corrected chi connectivity index (χ3v) is 6.49. The minimum Gasteiger partial charge on any atom is -0.324 e. The summed E-state index contributed by atoms with van der Waals surface area (Å²) in [4.78, 5) is 30.6. The van der Waals surface area contributed by atoms with E-state index in [4.69, 9.17) is 0 Å². The van der Waals surface area contributed by atoms with Crippen LogP contribution in [0.1, 0.15) is 10.4 Å². The quantitative estimate of drug-likeness (QED) is 0.540. The summed E-state index contributed by atoms with van der Waals surface area (Å²) in [6.45, 7) is 0. The minimum absolute atomic E-state index is 0.0373. The lowest BCUT2D eigenvalue weighted by Crippen LogP contribution is -2.19. The average molecular weight is 472 g/mol. The highest BCUT2D eigenvalue weighted by Gasteiger charge is 2.17. The molecule has 0 saturated carbocycles. The molecule has 0 radical (unpaired) electrons. The SMILES string of the molecule is O=C1CSc2ccc(NC(=O)c3ccccc3Sc3ccc(Br)cn3)cc2N1. The minimum atomic E-state index is -0.213. The summed E-state index contributed by atoms with van der Waals surface area (Å²) in [5, 5.41) is 6.56. The van der Waals surface area contributed by atoms with E-state index in [1.165, 1.54) is 23.5 Å². The number of rotatable bonds is 4. The summed E-state index contributed by atoms with van der Waals surface area (Å²) in [6.07, 6.45) is 1.73. The van der Waals surface area contributed by atoms with Crippen molar-refractivity contribution in [3.8, 4) is 0 Å². The number of aromatic nitrogens is 1. The molecule has 2 aromatic carbocycles. The zero-order valence-corrected chi connectivity index (χ0v) is 17.7. The van der Waals surface area contributed by atoms with Crippen molar-refractivity contribution >= 4 is 62.6 Å². The van der Waals surface area contributed by atoms with E-state index in [9.17, 15) is 9.59 Å². The number of nitrogens with zero attached hydrogens (tertiary/aromatic N) is 1. The summed E-state index contributed by atoms with van der Waals surface area (Å²) in [6, 6.07) is 16.7. The van der Waals surface area contributed by atoms with Crippen molar-refractivity contribution in [3.63, 3.8) is 0 Å². The number of carbonyl (C=O) groups is 2. The smallest absolute Gasteiger partial charge is 0.256 e. The van der Waals surface area contributed by atoms with Crippen molar-refractivity contribution < 1.29 is 9.59 Å². The van der Waals surface area contributed by atoms with Crippen LogP contribution in [-0.2, 0) is 4.79 Å². The van der Waals surface area contributed by atoms with Crippen LogP contribution < -0.4 is 10.6 Å². The number of amides is 2. The Labute approximate surface area is 178 Å². The van der Waals surface area contributed by atoms with Crippen LogP contribution in [0.2, 0.25) is 0 Å². The van der Waals surface area contributed by atoms with E-state index in [1.807, 2.05) is 42.5 Å². The van der Waals surface area contributed by atoms with Crippen molar-refractivity contribution in [2.45, 2.75) is 14.8 Å². The van der Waals surface area contributed by atoms with Crippen molar-refractivity contribution in [2.75, 3.05) is 16.4 Å². The highest BCUT2D eigenvalue weighted by Crippen LogP contribution is 2.34. The Kier molecular flexibility index (Phi) is 5.70. The van der Waals surface area contributed by atoms with Crippen LogP contribution in [0.4, 0.5) is 11.4 Å². The molecule has 2 heterocycles. The maximum atomic E-state index is 12.9. The first-order valence-electron chi connectivity index (χ1n) is 8.35. The second-order valence-corrected chi connectivity index (χ2v) is 8.91. The normalized spacial score (nSPS) is 12.8. The first-order valence-corrected chi connectivity index (χ1v) is 10.9. The van der Waals surface area contributed by atoms with E-state index in [2.05, 4.69) is 31.5 Å². The molecule has 0 spiro atoms. The van der Waals surface area contributed by atoms with Gasteiger partial charge < -0.3 is 10.6 Å². The van der Waals surface area contributed by atoms with Gasteiger partial charge in [-0.05, 0) is 58.4 Å². The van der Waals surface area contributed by atoms with Crippen LogP contribution in [0.25, 0.3) is 0 Å². The third-order valence-electron chi connectivity index (χ3n) is 3.92. The van der Waals surface area contributed by atoms with Gasteiger partial charge >= 0.3 is 0 Å². The lowest BCUT2D eigenvalue weighted by Gasteiger charge is -2.17. The molecule has 8 heteroatoms. The maximum Gasteiger partial charge on any atom is 0.256 e. The maximum absolute atomic E-state index is 12.9. The second kappa shape index (κ2) is 8.38. The molecule has 4 rings (SSSR count). The second-order valence-electron chi connectivity index (χ2n) is 5.91. The fraction of sp³-hybridized carbons (Fsp3) is 0.0500. The van der Waals surface area contributed by atoms with Gasteiger partial charge in [-0.3, -0.25) is 9.59 Å². The molecule has 1 aromatic heterocycles. The van der Waals surface area contributed by atoms with Crippen LogP contribution in [-0.4, -0.2) is 22.6 Å². The molecular formula is C20H14BrN3O2S2. The van der Waals surface area contributed by atoms with Gasteiger partial charge in [0.1, 0.15) is 5.03 Å². The Hall–Kier alpha value is -2.29. The number of carbonyl (C=O) groups excluding carboxylic acids is 2. The Morgan fingerprint density at radius 1 is 1.18 bits per heavy atom. The number of hydrogen-bond donors (Lipinski definition) is 2. The van der Waals surface area contributed by atoms with Crippen LogP contribution in [0.15, 0.2) is 80.1 Å². The molecule has 1 aliphatic rings. The van der Waals surface area contributed by atoms with Gasteiger partial charge in [0.15, 0.2) is 0 Å². The van der Waals surface area contributed by atoms with E-state index < -0.39 is 0 Å². The molecule has 2 N–H and O–H groups in total. The molecule has 28 heavy (non-hydrogen) atoms. The first-order chi connectivity index (χ1) is 13.6. The highest BCUT2D eigenvalue weighted by molar-refractivity contribution is 9.10. The number of nitrogens with one attached hydrogen (secondary N) is 2. The monoisotopic (exact) mass is 471 g/mol. The Bertz CT molecular complexity index is 1060. The number of halogens is 1. The molecule has 3 aromatic rings. The van der Waals surface area contributed by atoms with Crippen LogP contribution in [0.3, 0.4) is 0 Å². The Balaban J connectivity index is 1.55. The number of hydrogen-bond acceptors (Lipinski definition) is 5. The van der Waals surface area contributed by atoms with E-state index in [-0.39, 0.29) is 11.8 Å². The number of fused-ring (bicyclic) bond motifs is 1. The van der Waals surface area contributed by atoms with Gasteiger partial charge in [0.25, 0.3) is 5.91 Å². The fourth-order valence-electron chi connectivity index (χ4n) is 2.64. The van der Waals surface area contributed by atoms with Crippen LogP contribution in [0, 0.1) is 0 Å². The molecule has 0 unspecified atom stereocenters. The number of benzene rings is 2. The number of pyridine rings is 1. The molecule has 0 bridgehead atoms. The van der Waals surface area contributed by atoms with Gasteiger partial charge in [-0.2, -0.15) is 0 Å². The van der Waals surface area contributed by atoms with Gasteiger partial charge in [0.05, 0.1) is 17.0 Å². The summed E-state index contributed by atoms with van der Waals surface area (Å²) < 4.78 is 0.903. The predicted octanol–water partition coefficient (Wildman–Crippen LogP) is 5.29. The largest absolute Gasteiger partial charge is 0.324 e. The number of thioether (sulfide) groups is 1. The summed E-state index contributed by atoms with van der Waals surface area (Å²) >= 11 is 6.29. The van der Waals surface area contributed by atoms with E-state index >= 15 is 0 Å².